The van der Waals surface area contributed by atoms with Crippen LogP contribution >= 0.6 is 0 Å². The number of piperazine rings is 1. The van der Waals surface area contributed by atoms with E-state index < -0.39 is 0 Å². The van der Waals surface area contributed by atoms with Gasteiger partial charge in [0.15, 0.2) is 0 Å². The van der Waals surface area contributed by atoms with Crippen molar-refractivity contribution in [3.63, 3.8) is 0 Å². The topological polar surface area (TPSA) is 15.3 Å². The monoisotopic (exact) mass is 246 g/mol. The lowest BCUT2D eigenvalue weighted by Gasteiger charge is -2.46. The molecule has 0 saturated carbocycles. The highest BCUT2D eigenvalue weighted by atomic mass is 15.2. The Kier molecular flexibility index (Phi) is 4.41. The van der Waals surface area contributed by atoms with Gasteiger partial charge in [-0.3, -0.25) is 4.90 Å². The van der Waals surface area contributed by atoms with Gasteiger partial charge in [-0.15, -0.1) is 0 Å². The summed E-state index contributed by atoms with van der Waals surface area (Å²) in [7, 11) is 0. The summed E-state index contributed by atoms with van der Waals surface area (Å²) in [4.78, 5) is 2.63. The minimum atomic E-state index is 0.295. The molecule has 1 fully saturated rings. The maximum Gasteiger partial charge on any atom is 0.0278 e. The zero-order valence-corrected chi connectivity index (χ0v) is 11.9. The highest BCUT2D eigenvalue weighted by Gasteiger charge is 2.33. The van der Waals surface area contributed by atoms with E-state index in [-0.39, 0.29) is 0 Å². The molecular formula is C16H26N2. The van der Waals surface area contributed by atoms with Crippen LogP contribution < -0.4 is 5.32 Å². The molecule has 0 aromatic heterocycles. The molecule has 1 saturated heterocycles. The summed E-state index contributed by atoms with van der Waals surface area (Å²) < 4.78 is 0. The van der Waals surface area contributed by atoms with Gasteiger partial charge in [0.05, 0.1) is 0 Å². The van der Waals surface area contributed by atoms with Crippen LogP contribution in [-0.2, 0) is 6.42 Å². The third kappa shape index (κ3) is 3.12. The second-order valence-corrected chi connectivity index (χ2v) is 5.70. The maximum atomic E-state index is 3.74. The van der Waals surface area contributed by atoms with E-state index in [4.69, 9.17) is 0 Å². The van der Waals surface area contributed by atoms with Crippen LogP contribution in [0.4, 0.5) is 0 Å². The molecule has 0 amide bonds. The fourth-order valence-electron chi connectivity index (χ4n) is 2.82. The zero-order chi connectivity index (χ0) is 13.0. The van der Waals surface area contributed by atoms with Gasteiger partial charge in [0.25, 0.3) is 0 Å². The van der Waals surface area contributed by atoms with Gasteiger partial charge in [-0.05, 0) is 31.9 Å². The first-order chi connectivity index (χ1) is 8.67. The van der Waals surface area contributed by atoms with E-state index in [1.165, 1.54) is 12.0 Å². The van der Waals surface area contributed by atoms with Crippen molar-refractivity contribution in [1.29, 1.82) is 0 Å². The Morgan fingerprint density at radius 3 is 2.61 bits per heavy atom. The molecule has 100 valence electrons. The molecule has 18 heavy (non-hydrogen) atoms. The summed E-state index contributed by atoms with van der Waals surface area (Å²) in [5.41, 5.74) is 1.74. The molecule has 1 N–H and O–H groups in total. The molecule has 0 spiro atoms. The second kappa shape index (κ2) is 5.85. The Morgan fingerprint density at radius 1 is 1.28 bits per heavy atom. The van der Waals surface area contributed by atoms with Crippen molar-refractivity contribution in [2.75, 3.05) is 19.6 Å². The van der Waals surface area contributed by atoms with Gasteiger partial charge in [-0.1, -0.05) is 44.2 Å². The molecule has 0 aliphatic carbocycles. The lowest BCUT2D eigenvalue weighted by Crippen LogP contribution is -2.63. The van der Waals surface area contributed by atoms with Crippen LogP contribution in [0.5, 0.6) is 0 Å². The first-order valence-corrected chi connectivity index (χ1v) is 7.20. The Morgan fingerprint density at radius 2 is 2.00 bits per heavy atom. The van der Waals surface area contributed by atoms with Crippen LogP contribution in [0.2, 0.25) is 0 Å². The van der Waals surface area contributed by atoms with E-state index in [0.717, 1.165) is 26.1 Å². The summed E-state index contributed by atoms with van der Waals surface area (Å²) in [6.07, 6.45) is 2.35. The molecule has 1 aromatic rings. The average molecular weight is 246 g/mol. The van der Waals surface area contributed by atoms with Crippen LogP contribution in [0.1, 0.15) is 32.8 Å². The molecule has 0 bridgehead atoms. The standard InChI is InChI=1S/C16H26N2/c1-4-16(3)13-18(5-2)15(12-17-16)11-14-9-7-6-8-10-14/h6-10,15,17H,4-5,11-13H2,1-3H3. The molecule has 1 aromatic carbocycles. The van der Waals surface area contributed by atoms with Crippen molar-refractivity contribution in [3.05, 3.63) is 35.9 Å². The van der Waals surface area contributed by atoms with Gasteiger partial charge in [-0.2, -0.15) is 0 Å². The van der Waals surface area contributed by atoms with Crippen molar-refractivity contribution in [2.24, 2.45) is 0 Å². The number of hydrogen-bond acceptors (Lipinski definition) is 2. The Labute approximate surface area is 111 Å². The predicted octanol–water partition coefficient (Wildman–Crippen LogP) is 2.69. The molecular weight excluding hydrogens is 220 g/mol. The van der Waals surface area contributed by atoms with E-state index in [2.05, 4.69) is 61.3 Å². The smallest absolute Gasteiger partial charge is 0.0278 e. The minimum absolute atomic E-state index is 0.295. The maximum absolute atomic E-state index is 3.74. The van der Waals surface area contributed by atoms with E-state index in [1.807, 2.05) is 0 Å². The number of hydrogen-bond donors (Lipinski definition) is 1. The summed E-state index contributed by atoms with van der Waals surface area (Å²) in [6.45, 7) is 10.3. The molecule has 2 unspecified atom stereocenters. The molecule has 2 heteroatoms. The zero-order valence-electron chi connectivity index (χ0n) is 11.9. The van der Waals surface area contributed by atoms with E-state index in [9.17, 15) is 0 Å². The summed E-state index contributed by atoms with van der Waals surface area (Å²) in [6, 6.07) is 11.5. The number of benzene rings is 1. The van der Waals surface area contributed by atoms with Crippen LogP contribution in [0.15, 0.2) is 30.3 Å². The van der Waals surface area contributed by atoms with Crippen molar-refractivity contribution in [3.8, 4) is 0 Å². The van der Waals surface area contributed by atoms with E-state index >= 15 is 0 Å². The largest absolute Gasteiger partial charge is 0.309 e. The molecule has 0 radical (unpaired) electrons. The van der Waals surface area contributed by atoms with E-state index in [0.29, 0.717) is 11.6 Å². The molecule has 1 aliphatic rings. The van der Waals surface area contributed by atoms with Gasteiger partial charge in [-0.25, -0.2) is 0 Å². The van der Waals surface area contributed by atoms with Crippen LogP contribution in [0.25, 0.3) is 0 Å². The molecule has 2 nitrogen and oxygen atoms in total. The van der Waals surface area contributed by atoms with E-state index in [1.54, 1.807) is 0 Å². The number of likely N-dealkylation sites (N-methyl/N-ethyl adjacent to an activating group) is 1. The van der Waals surface area contributed by atoms with Crippen LogP contribution in [0, 0.1) is 0 Å². The third-order valence-corrected chi connectivity index (χ3v) is 4.33. The summed E-state index contributed by atoms with van der Waals surface area (Å²) >= 11 is 0. The van der Waals surface area contributed by atoms with Crippen LogP contribution in [0.3, 0.4) is 0 Å². The average Bonchev–Trinajstić information content (AvgIpc) is 2.42. The summed E-state index contributed by atoms with van der Waals surface area (Å²) in [5, 5.41) is 3.74. The van der Waals surface area contributed by atoms with Crippen LogP contribution in [-0.4, -0.2) is 36.1 Å². The third-order valence-electron chi connectivity index (χ3n) is 4.33. The van der Waals surface area contributed by atoms with Gasteiger partial charge in [0.2, 0.25) is 0 Å². The number of rotatable bonds is 4. The number of nitrogens with one attached hydrogen (secondary N) is 1. The van der Waals surface area contributed by atoms with Gasteiger partial charge < -0.3 is 5.32 Å². The Hall–Kier alpha value is -0.860. The molecule has 1 heterocycles. The normalized spacial score (nSPS) is 29.4. The molecule has 2 rings (SSSR count). The second-order valence-electron chi connectivity index (χ2n) is 5.70. The highest BCUT2D eigenvalue weighted by molar-refractivity contribution is 5.16. The summed E-state index contributed by atoms with van der Waals surface area (Å²) in [5.74, 6) is 0. The molecule has 1 aliphatic heterocycles. The first kappa shape index (κ1) is 13.6. The fraction of sp³-hybridized carbons (Fsp3) is 0.625. The Balaban J connectivity index is 2.01. The number of nitrogens with zero attached hydrogens (tertiary/aromatic N) is 1. The quantitative estimate of drug-likeness (QED) is 0.878. The van der Waals surface area contributed by atoms with Gasteiger partial charge in [0.1, 0.15) is 0 Å². The van der Waals surface area contributed by atoms with Crippen molar-refractivity contribution < 1.29 is 0 Å². The lowest BCUT2D eigenvalue weighted by atomic mass is 9.91. The van der Waals surface area contributed by atoms with Crippen molar-refractivity contribution in [2.45, 2.75) is 45.2 Å². The Bertz CT molecular complexity index is 363. The molecule has 2 atom stereocenters. The van der Waals surface area contributed by atoms with Crippen molar-refractivity contribution in [1.82, 2.24) is 10.2 Å². The predicted molar refractivity (Wildman–Crippen MR) is 77.9 cm³/mol. The SMILES string of the molecule is CCN1CC(C)(CC)NCC1Cc1ccccc1. The van der Waals surface area contributed by atoms with Crippen molar-refractivity contribution >= 4 is 0 Å². The fourth-order valence-corrected chi connectivity index (χ4v) is 2.82. The highest BCUT2D eigenvalue weighted by Crippen LogP contribution is 2.20. The minimum Gasteiger partial charge on any atom is -0.309 e. The van der Waals surface area contributed by atoms with Gasteiger partial charge >= 0.3 is 0 Å². The van der Waals surface area contributed by atoms with Gasteiger partial charge in [0, 0.05) is 24.7 Å². The lowest BCUT2D eigenvalue weighted by molar-refractivity contribution is 0.0894. The first-order valence-electron chi connectivity index (χ1n) is 7.20.